The van der Waals surface area contributed by atoms with Crippen molar-refractivity contribution in [3.05, 3.63) is 101 Å². The highest BCUT2D eigenvalue weighted by molar-refractivity contribution is 7.92. The van der Waals surface area contributed by atoms with E-state index in [0.29, 0.717) is 30.5 Å². The Hall–Kier alpha value is -4.70. The van der Waals surface area contributed by atoms with Crippen molar-refractivity contribution >= 4 is 37.8 Å². The first-order valence-corrected chi connectivity index (χ1v) is 15.1. The molecule has 0 saturated heterocycles. The molecule has 0 radical (unpaired) electrons. The first kappa shape index (κ1) is 26.5. The van der Waals surface area contributed by atoms with Crippen molar-refractivity contribution in [3.63, 3.8) is 0 Å². The van der Waals surface area contributed by atoms with Crippen molar-refractivity contribution in [1.29, 1.82) is 0 Å². The predicted octanol–water partition coefficient (Wildman–Crippen LogP) is 5.77. The van der Waals surface area contributed by atoms with Crippen LogP contribution in [0.15, 0.2) is 73.1 Å². The van der Waals surface area contributed by atoms with Gasteiger partial charge in [-0.15, -0.1) is 0 Å². The van der Waals surface area contributed by atoms with E-state index >= 15 is 0 Å². The number of methoxy groups -OCH3 is 1. The Kier molecular flexibility index (Phi) is 6.70. The quantitative estimate of drug-likeness (QED) is 0.278. The molecule has 5 aromatic rings. The highest BCUT2D eigenvalue weighted by atomic mass is 32.2. The van der Waals surface area contributed by atoms with Crippen molar-refractivity contribution in [1.82, 2.24) is 19.7 Å². The van der Waals surface area contributed by atoms with Gasteiger partial charge < -0.3 is 9.47 Å². The lowest BCUT2D eigenvalue weighted by molar-refractivity contribution is 0.295. The first-order valence-electron chi connectivity index (χ1n) is 13.2. The van der Waals surface area contributed by atoms with Gasteiger partial charge in [0.15, 0.2) is 0 Å². The first-order chi connectivity index (χ1) is 19.8. The van der Waals surface area contributed by atoms with Gasteiger partial charge in [-0.25, -0.2) is 23.1 Å². The molecule has 1 aliphatic rings. The lowest BCUT2D eigenvalue weighted by Gasteiger charge is -2.18. The van der Waals surface area contributed by atoms with Crippen LogP contribution < -0.4 is 14.2 Å². The molecule has 0 spiro atoms. The number of benzene rings is 2. The van der Waals surface area contributed by atoms with E-state index in [9.17, 15) is 8.42 Å². The Bertz CT molecular complexity index is 1930. The highest BCUT2D eigenvalue weighted by Crippen LogP contribution is 2.43. The van der Waals surface area contributed by atoms with Crippen LogP contribution in [-0.4, -0.2) is 41.5 Å². The number of sulfonamides is 1. The number of aromatic nitrogens is 4. The van der Waals surface area contributed by atoms with Crippen LogP contribution in [0, 0.1) is 6.92 Å². The summed E-state index contributed by atoms with van der Waals surface area (Å²) >= 11 is 0. The number of ether oxygens (including phenoxy) is 2. The Labute approximate surface area is 238 Å². The van der Waals surface area contributed by atoms with Crippen LogP contribution in [-0.2, 0) is 16.6 Å². The number of rotatable bonds is 6. The Morgan fingerprint density at radius 3 is 2.66 bits per heavy atom. The number of anilines is 1. The smallest absolute Gasteiger partial charge is 0.229 e. The molecule has 0 fully saturated rings. The largest absolute Gasteiger partial charge is 0.481 e. The third-order valence-electron chi connectivity index (χ3n) is 7.11. The van der Waals surface area contributed by atoms with E-state index in [1.54, 1.807) is 25.6 Å². The summed E-state index contributed by atoms with van der Waals surface area (Å²) in [7, 11) is -1.84. The van der Waals surface area contributed by atoms with Crippen LogP contribution in [0.4, 0.5) is 5.69 Å². The molecule has 6 rings (SSSR count). The molecule has 0 aliphatic carbocycles. The van der Waals surface area contributed by atoms with Crippen LogP contribution in [0.5, 0.6) is 11.8 Å². The van der Waals surface area contributed by atoms with Gasteiger partial charge in [-0.1, -0.05) is 19.1 Å². The van der Waals surface area contributed by atoms with E-state index < -0.39 is 10.0 Å². The van der Waals surface area contributed by atoms with Gasteiger partial charge in [0.25, 0.3) is 0 Å². The number of hydrogen-bond donors (Lipinski definition) is 1. The van der Waals surface area contributed by atoms with Crippen molar-refractivity contribution in [2.24, 2.45) is 0 Å². The summed E-state index contributed by atoms with van der Waals surface area (Å²) in [4.78, 5) is 8.92. The average molecular weight is 568 g/mol. The molecule has 1 N–H and O–H groups in total. The van der Waals surface area contributed by atoms with Crippen LogP contribution >= 0.6 is 0 Å². The summed E-state index contributed by atoms with van der Waals surface area (Å²) in [5.74, 6) is 1.09. The number of allylic oxidation sites excluding steroid dienone is 1. The fraction of sp³-hybridized carbons (Fsp3) is 0.194. The minimum Gasteiger partial charge on any atom is -0.481 e. The molecule has 0 unspecified atom stereocenters. The molecule has 10 heteroatoms. The molecule has 1 aliphatic heterocycles. The van der Waals surface area contributed by atoms with Crippen molar-refractivity contribution in [3.8, 4) is 17.4 Å². The van der Waals surface area contributed by atoms with Crippen LogP contribution in [0.3, 0.4) is 0 Å². The zero-order valence-electron chi connectivity index (χ0n) is 23.2. The molecule has 208 valence electrons. The molecule has 4 heterocycles. The second-order valence-electron chi connectivity index (χ2n) is 9.89. The van der Waals surface area contributed by atoms with Gasteiger partial charge in [-0.2, -0.15) is 5.10 Å². The Balaban J connectivity index is 1.60. The van der Waals surface area contributed by atoms with E-state index in [0.717, 1.165) is 61.9 Å². The molecule has 9 nitrogen and oxygen atoms in total. The van der Waals surface area contributed by atoms with Gasteiger partial charge in [0.1, 0.15) is 6.61 Å². The monoisotopic (exact) mass is 567 g/mol. The minimum absolute atomic E-state index is 0.330. The summed E-state index contributed by atoms with van der Waals surface area (Å²) in [5.41, 5.74) is 9.01. The molecule has 0 amide bonds. The van der Waals surface area contributed by atoms with E-state index in [1.165, 1.54) is 0 Å². The fourth-order valence-corrected chi connectivity index (χ4v) is 5.90. The molecule has 0 saturated carbocycles. The highest BCUT2D eigenvalue weighted by Gasteiger charge is 2.25. The lowest BCUT2D eigenvalue weighted by Crippen LogP contribution is -2.09. The average Bonchev–Trinajstić information content (AvgIpc) is 3.19. The third kappa shape index (κ3) is 5.02. The Morgan fingerprint density at radius 1 is 1.07 bits per heavy atom. The van der Waals surface area contributed by atoms with Crippen molar-refractivity contribution in [2.75, 3.05) is 18.1 Å². The number of aryl methyl sites for hydroxylation is 1. The zero-order valence-corrected chi connectivity index (χ0v) is 24.0. The topological polar surface area (TPSA) is 108 Å². The summed E-state index contributed by atoms with van der Waals surface area (Å²) in [6.07, 6.45) is 5.31. The number of nitrogens with one attached hydrogen (secondary N) is 1. The number of hydrogen-bond acceptors (Lipinski definition) is 7. The molecular formula is C31H29N5O4S. The molecule has 0 atom stereocenters. The van der Waals surface area contributed by atoms with Crippen molar-refractivity contribution < 1.29 is 17.9 Å². The SMILES string of the molecule is CC/C(=C1\c2cc3c(C)nn(-c4ccc(OC)nc4)c3cc2COc2ncccc21)c1cccc(NS(C)(=O)=O)c1. The van der Waals surface area contributed by atoms with E-state index in [-0.39, 0.29) is 0 Å². The van der Waals surface area contributed by atoms with Crippen LogP contribution in [0.1, 0.15) is 41.3 Å². The second kappa shape index (κ2) is 10.4. The summed E-state index contributed by atoms with van der Waals surface area (Å²) < 4.78 is 39.9. The van der Waals surface area contributed by atoms with Crippen LogP contribution in [0.2, 0.25) is 0 Å². The van der Waals surface area contributed by atoms with Crippen molar-refractivity contribution in [2.45, 2.75) is 26.9 Å². The van der Waals surface area contributed by atoms with Crippen LogP contribution in [0.25, 0.3) is 27.7 Å². The zero-order chi connectivity index (χ0) is 28.7. The van der Waals surface area contributed by atoms with Gasteiger partial charge >= 0.3 is 0 Å². The van der Waals surface area contributed by atoms with Gasteiger partial charge in [0.2, 0.25) is 21.8 Å². The van der Waals surface area contributed by atoms with E-state index in [1.807, 2.05) is 54.1 Å². The Morgan fingerprint density at radius 2 is 1.93 bits per heavy atom. The standard InChI is InChI=1S/C31H29N5O4S/c1-5-24(20-8-6-9-22(14-20)35-41(4,37)38)30-25-10-7-13-32-31(25)40-18-21-15-28-26(16-27(21)30)19(2)34-36(28)23-11-12-29(39-3)33-17-23/h6-17,35H,5,18H2,1-4H3/b30-24+. The summed E-state index contributed by atoms with van der Waals surface area (Å²) in [5, 5.41) is 5.86. The molecule has 41 heavy (non-hydrogen) atoms. The number of pyridine rings is 2. The summed E-state index contributed by atoms with van der Waals surface area (Å²) in [6.45, 7) is 4.42. The number of nitrogens with zero attached hydrogens (tertiary/aromatic N) is 4. The molecular weight excluding hydrogens is 538 g/mol. The molecule has 0 bridgehead atoms. The van der Waals surface area contributed by atoms with E-state index in [4.69, 9.17) is 14.6 Å². The maximum atomic E-state index is 12.0. The number of fused-ring (bicyclic) bond motifs is 3. The molecule has 2 aromatic carbocycles. The third-order valence-corrected chi connectivity index (χ3v) is 7.71. The minimum atomic E-state index is -3.42. The maximum Gasteiger partial charge on any atom is 0.229 e. The maximum absolute atomic E-state index is 12.0. The predicted molar refractivity (Wildman–Crippen MR) is 160 cm³/mol. The van der Waals surface area contributed by atoms with Gasteiger partial charge in [0, 0.05) is 28.9 Å². The van der Waals surface area contributed by atoms with Gasteiger partial charge in [-0.3, -0.25) is 4.72 Å². The van der Waals surface area contributed by atoms with Gasteiger partial charge in [-0.05, 0) is 83.6 Å². The van der Waals surface area contributed by atoms with E-state index in [2.05, 4.69) is 33.7 Å². The fourth-order valence-electron chi connectivity index (χ4n) is 5.34. The normalized spacial score (nSPS) is 14.0. The summed E-state index contributed by atoms with van der Waals surface area (Å²) in [6, 6.07) is 19.4. The van der Waals surface area contributed by atoms with Gasteiger partial charge in [0.05, 0.1) is 36.5 Å². The lowest BCUT2D eigenvalue weighted by atomic mass is 9.86. The second-order valence-corrected chi connectivity index (χ2v) is 11.6. The molecule has 3 aromatic heterocycles.